The van der Waals surface area contributed by atoms with E-state index in [1.807, 2.05) is 0 Å². The van der Waals surface area contributed by atoms with Crippen molar-refractivity contribution < 1.29 is 16.0 Å². The Balaban J connectivity index is 1.14. The van der Waals surface area contributed by atoms with Crippen molar-refractivity contribution in [1.82, 2.24) is 0 Å². The van der Waals surface area contributed by atoms with Gasteiger partial charge in [-0.2, -0.15) is 0 Å². The zero-order valence-corrected chi connectivity index (χ0v) is 18.4. The van der Waals surface area contributed by atoms with Crippen LogP contribution in [-0.2, 0) is 6.51 Å². The molecule has 2 aromatic carbocycles. The summed E-state index contributed by atoms with van der Waals surface area (Å²) in [5, 5.41) is 0. The molecule has 12 rings (SSSR count). The molecule has 0 saturated carbocycles. The van der Waals surface area contributed by atoms with Gasteiger partial charge in [0, 0.05) is 0 Å². The molecule has 0 radical (unpaired) electrons. The van der Waals surface area contributed by atoms with Gasteiger partial charge < -0.3 is 0 Å². The van der Waals surface area contributed by atoms with Gasteiger partial charge in [0.25, 0.3) is 0 Å². The van der Waals surface area contributed by atoms with E-state index in [0.29, 0.717) is 9.00 Å². The quantitative estimate of drug-likeness (QED) is 0.514. The SMILES string of the molecule is Cc1cccc(O[C]23[CH]4[CH]5[CH]6[CH]2[Fe]56432789[CH]3[CH]2[CH]7[C]8(Oc2cccc(C)c2C)[CH]39)c1C. The summed E-state index contributed by atoms with van der Waals surface area (Å²) in [4.78, 5) is 8.65. The van der Waals surface area contributed by atoms with Crippen molar-refractivity contribution in [3.05, 3.63) is 58.7 Å². The molecule has 8 unspecified atom stereocenters. The number of rotatable bonds is 4. The van der Waals surface area contributed by atoms with E-state index < -0.39 is 6.51 Å². The Bertz CT molecular complexity index is 1590. The molecular formula is C26H26FeO2. The molecule has 10 heterocycles. The molecule has 10 saturated heterocycles. The Morgan fingerprint density at radius 3 is 1.34 bits per heavy atom. The van der Waals surface area contributed by atoms with E-state index >= 15 is 0 Å². The van der Waals surface area contributed by atoms with E-state index in [9.17, 15) is 0 Å². The van der Waals surface area contributed by atoms with Crippen LogP contribution < -0.4 is 9.47 Å². The maximum absolute atomic E-state index is 7.33. The van der Waals surface area contributed by atoms with E-state index in [2.05, 4.69) is 64.1 Å². The molecule has 1 spiro atoms. The average Bonchev–Trinajstić information content (AvgIpc) is 3.65. The summed E-state index contributed by atoms with van der Waals surface area (Å²) < 4.78 is 15.3. The van der Waals surface area contributed by atoms with Crippen molar-refractivity contribution in [3.8, 4) is 11.5 Å². The van der Waals surface area contributed by atoms with Crippen molar-refractivity contribution >= 4 is 0 Å². The van der Waals surface area contributed by atoms with Crippen LogP contribution >= 0.6 is 0 Å². The van der Waals surface area contributed by atoms with Crippen molar-refractivity contribution in [2.45, 2.75) is 75.2 Å². The van der Waals surface area contributed by atoms with Crippen molar-refractivity contribution in [3.63, 3.8) is 0 Å². The van der Waals surface area contributed by atoms with E-state index in [0.717, 1.165) is 38.5 Å². The van der Waals surface area contributed by atoms with Gasteiger partial charge in [0.2, 0.25) is 0 Å². The molecule has 10 fully saturated rings. The minimum atomic E-state index is -3.77. The van der Waals surface area contributed by atoms with Gasteiger partial charge >= 0.3 is 161 Å². The van der Waals surface area contributed by atoms with Gasteiger partial charge in [-0.3, -0.25) is 0 Å². The Morgan fingerprint density at radius 2 is 1.00 bits per heavy atom. The van der Waals surface area contributed by atoms with E-state index in [-0.39, 0.29) is 0 Å². The number of fused-ring (bicyclic) bond motifs is 10. The fourth-order valence-corrected chi connectivity index (χ4v) is 91.0. The third-order valence-electron chi connectivity index (χ3n) is 18.2. The van der Waals surface area contributed by atoms with Gasteiger partial charge in [0.1, 0.15) is 0 Å². The number of ether oxygens (including phenoxy) is 2. The fourth-order valence-electron chi connectivity index (χ4n) is 18.6. The second-order valence-electron chi connectivity index (χ2n) is 14.2. The molecule has 0 N–H and O–H groups in total. The third-order valence-corrected chi connectivity index (χ3v) is 59.9. The van der Waals surface area contributed by atoms with Gasteiger partial charge in [-0.15, -0.1) is 0 Å². The Kier molecular flexibility index (Phi) is 0.702. The van der Waals surface area contributed by atoms with Gasteiger partial charge in [0.15, 0.2) is 0 Å². The first kappa shape index (κ1) is 13.1. The van der Waals surface area contributed by atoms with Crippen molar-refractivity contribution in [2.24, 2.45) is 0 Å². The number of aryl methyl sites for hydroxylation is 2. The molecule has 0 aromatic heterocycles. The zero-order chi connectivity index (χ0) is 19.1. The molecule has 2 aromatic rings. The maximum atomic E-state index is 7.33. The number of hydrogen-bond donors (Lipinski definition) is 0. The summed E-state index contributed by atoms with van der Waals surface area (Å²) in [7, 11) is 0. The third kappa shape index (κ3) is 0.232. The monoisotopic (exact) mass is 426 g/mol. The summed E-state index contributed by atoms with van der Waals surface area (Å²) in [5.74, 6) is 2.42. The summed E-state index contributed by atoms with van der Waals surface area (Å²) in [5.41, 5.74) is 5.48. The van der Waals surface area contributed by atoms with Gasteiger partial charge in [0.05, 0.1) is 0 Å². The van der Waals surface area contributed by atoms with Crippen LogP contribution in [-0.4, -0.2) is 9.00 Å². The predicted molar refractivity (Wildman–Crippen MR) is 109 cm³/mol. The summed E-state index contributed by atoms with van der Waals surface area (Å²) >= 11 is 0. The van der Waals surface area contributed by atoms with E-state index in [4.69, 9.17) is 9.47 Å². The van der Waals surface area contributed by atoms with Gasteiger partial charge in [-0.05, 0) is 0 Å². The molecule has 2 nitrogen and oxygen atoms in total. The Hall–Kier alpha value is -1.44. The number of hydrogen-bond acceptors (Lipinski definition) is 2. The van der Waals surface area contributed by atoms with Crippen LogP contribution in [0.5, 0.6) is 11.5 Å². The van der Waals surface area contributed by atoms with Crippen LogP contribution in [0.3, 0.4) is 0 Å². The molecule has 8 atom stereocenters. The normalized spacial score (nSPS) is 77.0. The van der Waals surface area contributed by atoms with Gasteiger partial charge in [-0.25, -0.2) is 0 Å². The Morgan fingerprint density at radius 1 is 0.621 bits per heavy atom. The molecule has 0 amide bonds. The molecule has 29 heavy (non-hydrogen) atoms. The molecule has 0 aliphatic carbocycles. The summed E-state index contributed by atoms with van der Waals surface area (Å²) in [6.45, 7) is 5.21. The first-order valence-corrected chi connectivity index (χ1v) is 17.6. The molecule has 10 aliphatic heterocycles. The zero-order valence-electron chi connectivity index (χ0n) is 17.3. The van der Waals surface area contributed by atoms with Crippen LogP contribution in [0.1, 0.15) is 22.3 Å². The number of benzene rings is 2. The summed E-state index contributed by atoms with van der Waals surface area (Å²) in [6.07, 6.45) is 0. The van der Waals surface area contributed by atoms with Crippen LogP contribution in [0.2, 0.25) is 38.5 Å². The molecule has 3 heteroatoms. The summed E-state index contributed by atoms with van der Waals surface area (Å²) in [6, 6.07) is 13.4. The van der Waals surface area contributed by atoms with E-state index in [1.54, 1.807) is 0 Å². The van der Waals surface area contributed by atoms with Crippen molar-refractivity contribution in [1.29, 1.82) is 0 Å². The van der Waals surface area contributed by atoms with Crippen LogP contribution in [0, 0.1) is 27.7 Å². The Labute approximate surface area is 161 Å². The topological polar surface area (TPSA) is 18.5 Å². The minimum absolute atomic E-state index is 0.338. The van der Waals surface area contributed by atoms with Crippen LogP contribution in [0.15, 0.2) is 36.4 Å². The van der Waals surface area contributed by atoms with Crippen LogP contribution in [0.4, 0.5) is 0 Å². The van der Waals surface area contributed by atoms with Crippen LogP contribution in [0.25, 0.3) is 0 Å². The molecule has 10 aliphatic rings. The predicted octanol–water partition coefficient (Wildman–Crippen LogP) is 6.58. The molecular weight excluding hydrogens is 400 g/mol. The standard InChI is InChI=1S/2C13H13O.Fe/c2*1-10-6-5-9-13(11(10)2)14-12-7-3-4-8-12;/h2*3-9H,1-2H3;. The van der Waals surface area contributed by atoms with E-state index in [1.165, 1.54) is 33.8 Å². The van der Waals surface area contributed by atoms with Gasteiger partial charge in [-0.1, -0.05) is 0 Å². The second-order valence-corrected chi connectivity index (χ2v) is 37.3. The molecule has 0 bridgehead atoms. The fraction of sp³-hybridized carbons (Fsp3) is 0.538. The second kappa shape index (κ2) is 1.56. The average molecular weight is 426 g/mol. The van der Waals surface area contributed by atoms with Crippen molar-refractivity contribution in [2.75, 3.05) is 0 Å². The molecule has 150 valence electrons. The first-order valence-electron chi connectivity index (χ1n) is 11.4. The first-order chi connectivity index (χ1) is 13.7.